The Kier molecular flexibility index (Phi) is 9.35. The first-order valence-corrected chi connectivity index (χ1v) is 9.31. The Morgan fingerprint density at radius 1 is 1.08 bits per heavy atom. The van der Waals surface area contributed by atoms with Crippen molar-refractivity contribution in [3.8, 4) is 0 Å². The topological polar surface area (TPSA) is 42.9 Å². The second kappa shape index (κ2) is 11.0. The first-order valence-electron chi connectivity index (χ1n) is 9.31. The number of hydrogen-bond acceptors (Lipinski definition) is 3. The molecule has 142 valence electrons. The molecule has 0 amide bonds. The summed E-state index contributed by atoms with van der Waals surface area (Å²) < 4.78 is 0. The molecule has 1 rings (SSSR count). The Morgan fingerprint density at radius 3 is 2.32 bits per heavy atom. The zero-order valence-corrected chi connectivity index (χ0v) is 17.1. The molecule has 0 saturated carbocycles. The molecule has 0 aliphatic carbocycles. The number of aliphatic imine (C=N–C) groups is 1. The molecule has 0 unspecified atom stereocenters. The fourth-order valence-electron chi connectivity index (χ4n) is 2.93. The molecule has 5 nitrogen and oxygen atoms in total. The number of benzene rings is 1. The summed E-state index contributed by atoms with van der Waals surface area (Å²) in [5, 5.41) is 6.80. The number of guanidine groups is 1. The van der Waals surface area contributed by atoms with Crippen LogP contribution in [0.5, 0.6) is 0 Å². The van der Waals surface area contributed by atoms with Crippen LogP contribution in [0, 0.1) is 0 Å². The van der Waals surface area contributed by atoms with Crippen LogP contribution in [0.4, 0.5) is 5.69 Å². The number of hydrogen-bond donors (Lipinski definition) is 2. The highest BCUT2D eigenvalue weighted by atomic mass is 15.2. The summed E-state index contributed by atoms with van der Waals surface area (Å²) in [4.78, 5) is 8.95. The second-order valence-corrected chi connectivity index (χ2v) is 7.20. The maximum absolute atomic E-state index is 4.32. The number of rotatable bonds is 9. The molecular formula is C20H37N5. The van der Waals surface area contributed by atoms with E-state index in [-0.39, 0.29) is 0 Å². The summed E-state index contributed by atoms with van der Waals surface area (Å²) in [7, 11) is 5.94. The minimum Gasteiger partial charge on any atom is -0.378 e. The van der Waals surface area contributed by atoms with Crippen molar-refractivity contribution < 1.29 is 0 Å². The summed E-state index contributed by atoms with van der Waals surface area (Å²) in [6, 6.07) is 9.71. The van der Waals surface area contributed by atoms with E-state index in [9.17, 15) is 0 Å². The van der Waals surface area contributed by atoms with Gasteiger partial charge in [0.05, 0.1) is 0 Å². The van der Waals surface area contributed by atoms with Gasteiger partial charge in [0, 0.05) is 58.5 Å². The largest absolute Gasteiger partial charge is 0.378 e. The van der Waals surface area contributed by atoms with Gasteiger partial charge in [-0.3, -0.25) is 9.89 Å². The van der Waals surface area contributed by atoms with E-state index in [0.717, 1.165) is 32.0 Å². The van der Waals surface area contributed by atoms with Crippen LogP contribution in [0.25, 0.3) is 0 Å². The number of nitrogens with one attached hydrogen (secondary N) is 2. The average Bonchev–Trinajstić information content (AvgIpc) is 2.56. The molecule has 0 bridgehead atoms. The van der Waals surface area contributed by atoms with E-state index in [1.165, 1.54) is 11.3 Å². The van der Waals surface area contributed by atoms with E-state index in [0.29, 0.717) is 12.1 Å². The van der Waals surface area contributed by atoms with Crippen LogP contribution in [0.2, 0.25) is 0 Å². The molecule has 0 fully saturated rings. The molecule has 2 N–H and O–H groups in total. The highest BCUT2D eigenvalue weighted by molar-refractivity contribution is 5.79. The third kappa shape index (κ3) is 7.78. The summed E-state index contributed by atoms with van der Waals surface area (Å²) in [5.74, 6) is 0.857. The Bertz CT molecular complexity index is 515. The van der Waals surface area contributed by atoms with Crippen molar-refractivity contribution >= 4 is 11.6 Å². The van der Waals surface area contributed by atoms with Crippen molar-refractivity contribution in [2.45, 2.75) is 52.7 Å². The van der Waals surface area contributed by atoms with E-state index in [1.54, 1.807) is 0 Å². The number of nitrogens with zero attached hydrogens (tertiary/aromatic N) is 3. The molecule has 0 heterocycles. The van der Waals surface area contributed by atoms with Gasteiger partial charge in [0.15, 0.2) is 5.96 Å². The van der Waals surface area contributed by atoms with E-state index < -0.39 is 0 Å². The predicted octanol–water partition coefficient (Wildman–Crippen LogP) is 2.93. The first kappa shape index (κ1) is 21.3. The Labute approximate surface area is 154 Å². The molecular weight excluding hydrogens is 310 g/mol. The van der Waals surface area contributed by atoms with Crippen LogP contribution in [0.3, 0.4) is 0 Å². The zero-order chi connectivity index (χ0) is 18.8. The Morgan fingerprint density at radius 2 is 1.76 bits per heavy atom. The van der Waals surface area contributed by atoms with Gasteiger partial charge in [-0.25, -0.2) is 0 Å². The molecule has 0 saturated heterocycles. The van der Waals surface area contributed by atoms with Gasteiger partial charge >= 0.3 is 0 Å². The molecule has 1 aromatic rings. The standard InChI is InChI=1S/C20H37N5/c1-16(2)25(17(3)4)13-9-12-22-20(21-5)23-15-18-10-8-11-19(14-18)24(6)7/h8,10-11,14,16-17H,9,12-13,15H2,1-7H3,(H2,21,22,23). The number of anilines is 1. The molecule has 0 atom stereocenters. The van der Waals surface area contributed by atoms with Crippen LogP contribution in [0.1, 0.15) is 39.7 Å². The second-order valence-electron chi connectivity index (χ2n) is 7.20. The SMILES string of the molecule is CN=C(NCCCN(C(C)C)C(C)C)NCc1cccc(N(C)C)c1. The van der Waals surface area contributed by atoms with Crippen molar-refractivity contribution in [2.24, 2.45) is 4.99 Å². The summed E-state index contributed by atoms with van der Waals surface area (Å²) in [6.07, 6.45) is 1.10. The Balaban J connectivity index is 2.39. The quantitative estimate of drug-likeness (QED) is 0.409. The van der Waals surface area contributed by atoms with Gasteiger partial charge in [-0.2, -0.15) is 0 Å². The predicted molar refractivity (Wildman–Crippen MR) is 111 cm³/mol. The average molecular weight is 348 g/mol. The molecule has 25 heavy (non-hydrogen) atoms. The molecule has 1 aromatic carbocycles. The fourth-order valence-corrected chi connectivity index (χ4v) is 2.93. The van der Waals surface area contributed by atoms with Gasteiger partial charge < -0.3 is 15.5 Å². The first-order chi connectivity index (χ1) is 11.8. The molecule has 0 aliphatic rings. The lowest BCUT2D eigenvalue weighted by Crippen LogP contribution is -2.41. The highest BCUT2D eigenvalue weighted by Crippen LogP contribution is 2.13. The molecule has 5 heteroatoms. The summed E-state index contributed by atoms with van der Waals surface area (Å²) >= 11 is 0. The van der Waals surface area contributed by atoms with Crippen LogP contribution in [0.15, 0.2) is 29.3 Å². The summed E-state index contributed by atoms with van der Waals surface area (Å²) in [5.41, 5.74) is 2.46. The minimum absolute atomic E-state index is 0.585. The van der Waals surface area contributed by atoms with Gasteiger partial charge in [-0.1, -0.05) is 12.1 Å². The van der Waals surface area contributed by atoms with Crippen LogP contribution in [-0.2, 0) is 6.54 Å². The van der Waals surface area contributed by atoms with Gasteiger partial charge in [0.1, 0.15) is 0 Å². The molecule has 0 aliphatic heterocycles. The molecule has 0 spiro atoms. The lowest BCUT2D eigenvalue weighted by Gasteiger charge is -2.30. The van der Waals surface area contributed by atoms with Crippen molar-refractivity contribution in [1.82, 2.24) is 15.5 Å². The maximum Gasteiger partial charge on any atom is 0.191 e. The monoisotopic (exact) mass is 347 g/mol. The van der Waals surface area contributed by atoms with Crippen LogP contribution >= 0.6 is 0 Å². The van der Waals surface area contributed by atoms with Crippen molar-refractivity contribution in [1.29, 1.82) is 0 Å². The van der Waals surface area contributed by atoms with E-state index in [2.05, 4.69) is 91.5 Å². The van der Waals surface area contributed by atoms with E-state index in [4.69, 9.17) is 0 Å². The minimum atomic E-state index is 0.585. The fraction of sp³-hybridized carbons (Fsp3) is 0.650. The molecule has 0 aromatic heterocycles. The van der Waals surface area contributed by atoms with Gasteiger partial charge in [0.25, 0.3) is 0 Å². The van der Waals surface area contributed by atoms with Gasteiger partial charge in [0.2, 0.25) is 0 Å². The zero-order valence-electron chi connectivity index (χ0n) is 17.1. The lowest BCUT2D eigenvalue weighted by atomic mass is 10.2. The van der Waals surface area contributed by atoms with Gasteiger partial charge in [-0.05, 0) is 51.8 Å². The highest BCUT2D eigenvalue weighted by Gasteiger charge is 2.12. The van der Waals surface area contributed by atoms with E-state index in [1.807, 2.05) is 7.05 Å². The molecule has 0 radical (unpaired) electrons. The lowest BCUT2D eigenvalue weighted by molar-refractivity contribution is 0.173. The van der Waals surface area contributed by atoms with Crippen molar-refractivity contribution in [3.05, 3.63) is 29.8 Å². The van der Waals surface area contributed by atoms with Crippen LogP contribution < -0.4 is 15.5 Å². The normalized spacial score (nSPS) is 12.2. The van der Waals surface area contributed by atoms with Crippen LogP contribution in [-0.4, -0.2) is 57.2 Å². The van der Waals surface area contributed by atoms with Crippen molar-refractivity contribution in [2.75, 3.05) is 39.1 Å². The third-order valence-electron chi connectivity index (χ3n) is 4.32. The van der Waals surface area contributed by atoms with Crippen molar-refractivity contribution in [3.63, 3.8) is 0 Å². The smallest absolute Gasteiger partial charge is 0.191 e. The third-order valence-corrected chi connectivity index (χ3v) is 4.32. The summed E-state index contributed by atoms with van der Waals surface area (Å²) in [6.45, 7) is 11.8. The van der Waals surface area contributed by atoms with Gasteiger partial charge in [-0.15, -0.1) is 0 Å². The Hall–Kier alpha value is -1.75. The van der Waals surface area contributed by atoms with E-state index >= 15 is 0 Å². The maximum atomic E-state index is 4.32.